The number of ether oxygens (including phenoxy) is 1. The number of carbonyl (C=O) groups excluding carboxylic acids is 1. The van der Waals surface area contributed by atoms with Crippen LogP contribution >= 0.6 is 0 Å². The Hall–Kier alpha value is -1.69. The number of rotatable bonds is 2. The highest BCUT2D eigenvalue weighted by atomic mass is 19.1. The van der Waals surface area contributed by atoms with E-state index in [9.17, 15) is 18.7 Å². The summed E-state index contributed by atoms with van der Waals surface area (Å²) in [5, 5.41) is 11.0. The van der Waals surface area contributed by atoms with E-state index >= 15 is 0 Å². The molecule has 2 saturated heterocycles. The molecule has 0 spiro atoms. The normalized spacial score (nSPS) is 29.0. The van der Waals surface area contributed by atoms with Crippen LogP contribution < -0.4 is 0 Å². The van der Waals surface area contributed by atoms with Crippen molar-refractivity contribution >= 4 is 6.09 Å². The second-order valence-electron chi connectivity index (χ2n) is 8.36. The van der Waals surface area contributed by atoms with Crippen molar-refractivity contribution in [1.29, 1.82) is 0 Å². The summed E-state index contributed by atoms with van der Waals surface area (Å²) in [6, 6.07) is 3.13. The fourth-order valence-electron chi connectivity index (χ4n) is 4.17. The SMILES string of the molecule is CC(C)(C)OC(=O)N1C2CCC1CC(O)(Cc1cc(F)cc(F)c1)C2. The number of piperidine rings is 1. The molecule has 1 aromatic rings. The van der Waals surface area contributed by atoms with Gasteiger partial charge in [0.1, 0.15) is 17.2 Å². The molecule has 2 fully saturated rings. The highest BCUT2D eigenvalue weighted by Crippen LogP contribution is 2.43. The van der Waals surface area contributed by atoms with Crippen LogP contribution in [0.4, 0.5) is 13.6 Å². The van der Waals surface area contributed by atoms with Crippen molar-refractivity contribution in [3.05, 3.63) is 35.4 Å². The molecule has 2 bridgehead atoms. The molecule has 1 aromatic carbocycles. The third-order valence-corrected chi connectivity index (χ3v) is 4.91. The first kappa shape index (κ1) is 18.1. The predicted molar refractivity (Wildman–Crippen MR) is 89.1 cm³/mol. The minimum Gasteiger partial charge on any atom is -0.444 e. The van der Waals surface area contributed by atoms with E-state index in [2.05, 4.69) is 0 Å². The molecule has 138 valence electrons. The summed E-state index contributed by atoms with van der Waals surface area (Å²) in [6.45, 7) is 5.47. The maximum absolute atomic E-state index is 13.4. The molecule has 4 nitrogen and oxygen atoms in total. The first-order chi connectivity index (χ1) is 11.5. The molecule has 6 heteroatoms. The lowest BCUT2D eigenvalue weighted by molar-refractivity contribution is -0.0579. The Balaban J connectivity index is 1.73. The van der Waals surface area contributed by atoms with Crippen molar-refractivity contribution in [3.63, 3.8) is 0 Å². The molecule has 0 saturated carbocycles. The van der Waals surface area contributed by atoms with Gasteiger partial charge in [-0.3, -0.25) is 0 Å². The van der Waals surface area contributed by atoms with Crippen molar-refractivity contribution in [1.82, 2.24) is 4.90 Å². The van der Waals surface area contributed by atoms with E-state index in [-0.39, 0.29) is 24.6 Å². The maximum atomic E-state index is 13.4. The van der Waals surface area contributed by atoms with Crippen molar-refractivity contribution in [3.8, 4) is 0 Å². The smallest absolute Gasteiger partial charge is 0.410 e. The van der Waals surface area contributed by atoms with Gasteiger partial charge in [-0.15, -0.1) is 0 Å². The van der Waals surface area contributed by atoms with Gasteiger partial charge in [-0.05, 0) is 64.2 Å². The van der Waals surface area contributed by atoms with E-state index in [0.29, 0.717) is 18.4 Å². The number of aliphatic hydroxyl groups is 1. The molecule has 2 unspecified atom stereocenters. The van der Waals surface area contributed by atoms with E-state index in [4.69, 9.17) is 4.74 Å². The number of halogens is 2. The molecule has 3 rings (SSSR count). The fraction of sp³-hybridized carbons (Fsp3) is 0.632. The summed E-state index contributed by atoms with van der Waals surface area (Å²) in [4.78, 5) is 14.2. The summed E-state index contributed by atoms with van der Waals surface area (Å²) < 4.78 is 32.3. The Morgan fingerprint density at radius 2 is 1.72 bits per heavy atom. The number of benzene rings is 1. The standard InChI is InChI=1S/C19H25F2NO3/c1-18(2,3)25-17(23)22-15-4-5-16(22)11-19(24,10-15)9-12-6-13(20)8-14(21)7-12/h6-8,15-16,24H,4-5,9-11H2,1-3H3. The van der Waals surface area contributed by atoms with Gasteiger partial charge in [0.2, 0.25) is 0 Å². The molecule has 2 aliphatic heterocycles. The van der Waals surface area contributed by atoms with Crippen LogP contribution in [0.3, 0.4) is 0 Å². The molecule has 1 N–H and O–H groups in total. The van der Waals surface area contributed by atoms with Crippen molar-refractivity contribution in [2.75, 3.05) is 0 Å². The summed E-state index contributed by atoms with van der Waals surface area (Å²) in [5.41, 5.74) is -1.20. The fourth-order valence-corrected chi connectivity index (χ4v) is 4.17. The van der Waals surface area contributed by atoms with Crippen molar-refractivity contribution in [2.45, 2.75) is 76.2 Å². The van der Waals surface area contributed by atoms with Gasteiger partial charge in [0.25, 0.3) is 0 Å². The zero-order valence-electron chi connectivity index (χ0n) is 14.9. The average Bonchev–Trinajstić information content (AvgIpc) is 2.68. The van der Waals surface area contributed by atoms with Crippen LogP contribution in [0.25, 0.3) is 0 Å². The Morgan fingerprint density at radius 3 is 2.20 bits per heavy atom. The Bertz CT molecular complexity index is 637. The van der Waals surface area contributed by atoms with Crippen LogP contribution in [-0.2, 0) is 11.2 Å². The molecule has 0 aliphatic carbocycles. The van der Waals surface area contributed by atoms with Gasteiger partial charge >= 0.3 is 6.09 Å². The van der Waals surface area contributed by atoms with E-state index in [1.165, 1.54) is 12.1 Å². The van der Waals surface area contributed by atoms with Crippen molar-refractivity contribution in [2.24, 2.45) is 0 Å². The predicted octanol–water partition coefficient (Wildman–Crippen LogP) is 3.80. The monoisotopic (exact) mass is 353 g/mol. The first-order valence-electron chi connectivity index (χ1n) is 8.73. The van der Waals surface area contributed by atoms with Gasteiger partial charge in [-0.1, -0.05) is 0 Å². The van der Waals surface area contributed by atoms with Crippen LogP contribution in [0.5, 0.6) is 0 Å². The van der Waals surface area contributed by atoms with E-state index in [1.807, 2.05) is 20.8 Å². The number of nitrogens with zero attached hydrogens (tertiary/aromatic N) is 1. The highest BCUT2D eigenvalue weighted by Gasteiger charge is 2.50. The number of fused-ring (bicyclic) bond motifs is 2. The average molecular weight is 353 g/mol. The van der Waals surface area contributed by atoms with Gasteiger partial charge in [-0.25, -0.2) is 13.6 Å². The lowest BCUT2D eigenvalue weighted by atomic mass is 9.81. The molecule has 0 radical (unpaired) electrons. The van der Waals surface area contributed by atoms with Crippen LogP contribution in [0, 0.1) is 11.6 Å². The quantitative estimate of drug-likeness (QED) is 0.880. The van der Waals surface area contributed by atoms with Gasteiger partial charge < -0.3 is 14.7 Å². The molecular weight excluding hydrogens is 328 g/mol. The Labute approximate surface area is 146 Å². The molecular formula is C19H25F2NO3. The number of hydrogen-bond donors (Lipinski definition) is 1. The van der Waals surface area contributed by atoms with Crippen LogP contribution in [0.15, 0.2) is 18.2 Å². The zero-order chi connectivity index (χ0) is 18.4. The summed E-state index contributed by atoms with van der Waals surface area (Å²) in [7, 11) is 0. The number of carbonyl (C=O) groups is 1. The van der Waals surface area contributed by atoms with E-state index < -0.39 is 22.8 Å². The number of amides is 1. The van der Waals surface area contributed by atoms with Crippen LogP contribution in [0.1, 0.15) is 52.0 Å². The molecule has 1 amide bonds. The topological polar surface area (TPSA) is 49.8 Å². The third kappa shape index (κ3) is 4.11. The molecule has 2 aliphatic rings. The molecule has 2 heterocycles. The summed E-state index contributed by atoms with van der Waals surface area (Å²) in [5.74, 6) is -1.29. The van der Waals surface area contributed by atoms with E-state index in [0.717, 1.165) is 18.9 Å². The van der Waals surface area contributed by atoms with Crippen LogP contribution in [0.2, 0.25) is 0 Å². The largest absolute Gasteiger partial charge is 0.444 e. The molecule has 25 heavy (non-hydrogen) atoms. The Morgan fingerprint density at radius 1 is 1.20 bits per heavy atom. The molecule has 0 aromatic heterocycles. The van der Waals surface area contributed by atoms with E-state index in [1.54, 1.807) is 4.90 Å². The second-order valence-corrected chi connectivity index (χ2v) is 8.36. The van der Waals surface area contributed by atoms with Gasteiger partial charge in [-0.2, -0.15) is 0 Å². The lowest BCUT2D eigenvalue weighted by Gasteiger charge is -2.44. The Kier molecular flexibility index (Phi) is 4.52. The second kappa shape index (κ2) is 6.24. The van der Waals surface area contributed by atoms with Gasteiger partial charge in [0.05, 0.1) is 5.60 Å². The third-order valence-electron chi connectivity index (χ3n) is 4.91. The lowest BCUT2D eigenvalue weighted by Crippen LogP contribution is -2.55. The summed E-state index contributed by atoms with van der Waals surface area (Å²) in [6.07, 6.45) is 2.23. The minimum absolute atomic E-state index is 0.1000. The van der Waals surface area contributed by atoms with Crippen molar-refractivity contribution < 1.29 is 23.4 Å². The maximum Gasteiger partial charge on any atom is 0.410 e. The van der Waals surface area contributed by atoms with Crippen LogP contribution in [-0.4, -0.2) is 39.4 Å². The number of hydrogen-bond acceptors (Lipinski definition) is 3. The highest BCUT2D eigenvalue weighted by molar-refractivity contribution is 5.69. The van der Waals surface area contributed by atoms with Gasteiger partial charge in [0.15, 0.2) is 0 Å². The first-order valence-corrected chi connectivity index (χ1v) is 8.73. The minimum atomic E-state index is -1.06. The van der Waals surface area contributed by atoms with Gasteiger partial charge in [0, 0.05) is 24.6 Å². The molecule has 2 atom stereocenters. The zero-order valence-corrected chi connectivity index (χ0v) is 14.9. The summed E-state index contributed by atoms with van der Waals surface area (Å²) >= 11 is 0.